The van der Waals surface area contributed by atoms with Crippen LogP contribution >= 0.6 is 34.2 Å². The molecule has 0 aliphatic heterocycles. The fourth-order valence-electron chi connectivity index (χ4n) is 1.08. The van der Waals surface area contributed by atoms with Crippen molar-refractivity contribution in [2.45, 2.75) is 0 Å². The molecule has 1 heterocycles. The van der Waals surface area contributed by atoms with Crippen LogP contribution in [0.5, 0.6) is 0 Å². The Hall–Kier alpha value is -0.620. The molecule has 3 nitrogen and oxygen atoms in total. The third-order valence-corrected chi connectivity index (χ3v) is 2.27. The van der Waals surface area contributed by atoms with Crippen molar-refractivity contribution >= 4 is 50.5 Å². The average Bonchev–Trinajstić information content (AvgIpc) is 2.43. The third kappa shape index (κ3) is 1.55. The van der Waals surface area contributed by atoms with Gasteiger partial charge in [0.2, 0.25) is 0 Å². The summed E-state index contributed by atoms with van der Waals surface area (Å²) in [6, 6.07) is 5.10. The minimum atomic E-state index is -0.529. The second kappa shape index (κ2) is 3.26. The van der Waals surface area contributed by atoms with E-state index in [0.29, 0.717) is 20.6 Å². The van der Waals surface area contributed by atoms with E-state index < -0.39 is 5.24 Å². The number of fused-ring (bicyclic) bond motifs is 1. The number of hydrogen-bond donors (Lipinski definition) is 0. The first-order chi connectivity index (χ1) is 6.18. The summed E-state index contributed by atoms with van der Waals surface area (Å²) >= 11 is 7.30. The van der Waals surface area contributed by atoms with E-state index in [4.69, 9.17) is 16.0 Å². The zero-order chi connectivity index (χ0) is 9.42. The highest BCUT2D eigenvalue weighted by Gasteiger charge is 2.12. The fourth-order valence-corrected chi connectivity index (χ4v) is 1.71. The van der Waals surface area contributed by atoms with Gasteiger partial charge in [-0.15, -0.1) is 0 Å². The van der Waals surface area contributed by atoms with E-state index in [1.54, 1.807) is 18.2 Å². The van der Waals surface area contributed by atoms with Gasteiger partial charge in [0.15, 0.2) is 5.58 Å². The van der Waals surface area contributed by atoms with Crippen LogP contribution in [-0.2, 0) is 0 Å². The van der Waals surface area contributed by atoms with Crippen molar-refractivity contribution in [1.82, 2.24) is 4.98 Å². The van der Waals surface area contributed by atoms with Crippen LogP contribution in [-0.4, -0.2) is 10.2 Å². The molecule has 66 valence electrons. The molecule has 1 aromatic carbocycles. The number of nitrogens with zero attached hydrogens (tertiary/aromatic N) is 1. The number of oxazole rings is 1. The molecule has 0 saturated heterocycles. The van der Waals surface area contributed by atoms with Crippen molar-refractivity contribution in [3.63, 3.8) is 0 Å². The molecule has 0 aliphatic rings. The third-order valence-electron chi connectivity index (χ3n) is 1.60. The zero-order valence-electron chi connectivity index (χ0n) is 6.25. The maximum atomic E-state index is 10.9. The summed E-state index contributed by atoms with van der Waals surface area (Å²) < 4.78 is 5.73. The molecule has 0 spiro atoms. The summed E-state index contributed by atoms with van der Waals surface area (Å²) in [5.74, 6) is 0. The molecule has 0 bridgehead atoms. The lowest BCUT2D eigenvalue weighted by Crippen LogP contribution is -1.87. The maximum absolute atomic E-state index is 10.9. The van der Waals surface area contributed by atoms with Gasteiger partial charge in [-0.2, -0.15) is 0 Å². The first-order valence-corrected chi connectivity index (χ1v) is 4.89. The zero-order valence-corrected chi connectivity index (χ0v) is 9.17. The first kappa shape index (κ1) is 8.96. The minimum absolute atomic E-state index is 0.356. The van der Waals surface area contributed by atoms with E-state index in [1.165, 1.54) is 0 Å². The average molecular weight is 307 g/mol. The van der Waals surface area contributed by atoms with Crippen LogP contribution in [0.1, 0.15) is 10.4 Å². The molecule has 0 unspecified atom stereocenters. The van der Waals surface area contributed by atoms with Gasteiger partial charge in [-0.3, -0.25) is 4.79 Å². The SMILES string of the molecule is O=C(Cl)c1cccc2nc(I)oc12. The molecule has 2 aromatic rings. The van der Waals surface area contributed by atoms with Gasteiger partial charge < -0.3 is 4.42 Å². The largest absolute Gasteiger partial charge is 0.431 e. The summed E-state index contributed by atoms with van der Waals surface area (Å²) in [7, 11) is 0. The topological polar surface area (TPSA) is 43.1 Å². The molecule has 2 rings (SSSR count). The van der Waals surface area contributed by atoms with Crippen LogP contribution in [0.15, 0.2) is 22.6 Å². The monoisotopic (exact) mass is 307 g/mol. The summed E-state index contributed by atoms with van der Waals surface area (Å²) in [5, 5.41) is -0.529. The second-order valence-electron chi connectivity index (χ2n) is 2.39. The molecule has 0 N–H and O–H groups in total. The van der Waals surface area contributed by atoms with Gasteiger partial charge in [-0.05, 0) is 23.7 Å². The standard InChI is InChI=1S/C8H3ClINO2/c9-7(12)4-2-1-3-5-6(4)13-8(10)11-5/h1-3H. The number of halogens is 2. The van der Waals surface area contributed by atoms with Gasteiger partial charge in [-0.1, -0.05) is 6.07 Å². The number of para-hydroxylation sites is 1. The highest BCUT2D eigenvalue weighted by atomic mass is 127. The number of rotatable bonds is 1. The van der Waals surface area contributed by atoms with Gasteiger partial charge in [0, 0.05) is 22.6 Å². The van der Waals surface area contributed by atoms with Crippen LogP contribution in [0, 0.1) is 3.90 Å². The number of benzene rings is 1. The van der Waals surface area contributed by atoms with Crippen LogP contribution < -0.4 is 0 Å². The quantitative estimate of drug-likeness (QED) is 0.601. The Bertz CT molecular complexity index is 480. The predicted octanol–water partition coefficient (Wildman–Crippen LogP) is 2.81. The second-order valence-corrected chi connectivity index (χ2v) is 3.66. The van der Waals surface area contributed by atoms with Crippen molar-refractivity contribution in [1.29, 1.82) is 0 Å². The van der Waals surface area contributed by atoms with Crippen molar-refractivity contribution < 1.29 is 9.21 Å². The van der Waals surface area contributed by atoms with Crippen LogP contribution in [0.2, 0.25) is 0 Å². The molecule has 0 radical (unpaired) electrons. The minimum Gasteiger partial charge on any atom is -0.431 e. The summed E-state index contributed by atoms with van der Waals surface area (Å²) in [6.07, 6.45) is 0. The lowest BCUT2D eigenvalue weighted by molar-refractivity contribution is 0.108. The van der Waals surface area contributed by atoms with Crippen LogP contribution in [0.4, 0.5) is 0 Å². The van der Waals surface area contributed by atoms with Gasteiger partial charge in [0.1, 0.15) is 5.52 Å². The Balaban J connectivity index is 2.82. The fraction of sp³-hybridized carbons (Fsp3) is 0. The molecule has 0 aliphatic carbocycles. The predicted molar refractivity (Wildman–Crippen MR) is 56.9 cm³/mol. The normalized spacial score (nSPS) is 10.6. The Kier molecular flexibility index (Phi) is 2.25. The van der Waals surface area contributed by atoms with Crippen molar-refractivity contribution in [2.24, 2.45) is 0 Å². The Morgan fingerprint density at radius 2 is 2.31 bits per heavy atom. The molecular formula is C8H3ClINO2. The van der Waals surface area contributed by atoms with Crippen LogP contribution in [0.25, 0.3) is 11.1 Å². The van der Waals surface area contributed by atoms with E-state index in [2.05, 4.69) is 4.98 Å². The number of hydrogen-bond acceptors (Lipinski definition) is 3. The van der Waals surface area contributed by atoms with Crippen molar-refractivity contribution in [2.75, 3.05) is 0 Å². The molecule has 0 fully saturated rings. The van der Waals surface area contributed by atoms with Gasteiger partial charge in [0.25, 0.3) is 9.14 Å². The van der Waals surface area contributed by atoms with Gasteiger partial charge in [0.05, 0.1) is 5.56 Å². The molecule has 1 aromatic heterocycles. The summed E-state index contributed by atoms with van der Waals surface area (Å²) in [4.78, 5) is 15.0. The lowest BCUT2D eigenvalue weighted by atomic mass is 10.2. The van der Waals surface area contributed by atoms with Crippen molar-refractivity contribution in [3.8, 4) is 0 Å². The molecule has 0 atom stereocenters. The van der Waals surface area contributed by atoms with Gasteiger partial charge >= 0.3 is 0 Å². The van der Waals surface area contributed by atoms with E-state index in [9.17, 15) is 4.79 Å². The highest BCUT2D eigenvalue weighted by molar-refractivity contribution is 14.1. The lowest BCUT2D eigenvalue weighted by Gasteiger charge is -1.91. The van der Waals surface area contributed by atoms with E-state index in [-0.39, 0.29) is 0 Å². The Labute approximate surface area is 92.2 Å². The summed E-state index contributed by atoms with van der Waals surface area (Å²) in [6.45, 7) is 0. The van der Waals surface area contributed by atoms with Gasteiger partial charge in [-0.25, -0.2) is 4.98 Å². The Morgan fingerprint density at radius 1 is 1.54 bits per heavy atom. The van der Waals surface area contributed by atoms with Crippen molar-refractivity contribution in [3.05, 3.63) is 27.7 Å². The Morgan fingerprint density at radius 3 is 3.00 bits per heavy atom. The molecule has 13 heavy (non-hydrogen) atoms. The molecule has 5 heteroatoms. The van der Waals surface area contributed by atoms with E-state index >= 15 is 0 Å². The summed E-state index contributed by atoms with van der Waals surface area (Å²) in [5.41, 5.74) is 1.46. The number of carbonyl (C=O) groups excluding carboxylic acids is 1. The molecular weight excluding hydrogens is 304 g/mol. The first-order valence-electron chi connectivity index (χ1n) is 3.43. The number of carbonyl (C=O) groups is 1. The molecule has 0 saturated carbocycles. The molecule has 0 amide bonds. The smallest absolute Gasteiger partial charge is 0.258 e. The number of aromatic nitrogens is 1. The van der Waals surface area contributed by atoms with E-state index in [1.807, 2.05) is 22.6 Å². The maximum Gasteiger partial charge on any atom is 0.258 e. The highest BCUT2D eigenvalue weighted by Crippen LogP contribution is 2.21. The van der Waals surface area contributed by atoms with E-state index in [0.717, 1.165) is 0 Å². The van der Waals surface area contributed by atoms with Crippen LogP contribution in [0.3, 0.4) is 0 Å².